The van der Waals surface area contributed by atoms with Crippen molar-refractivity contribution in [2.75, 3.05) is 13.2 Å². The van der Waals surface area contributed by atoms with E-state index in [1.165, 1.54) is 44.9 Å². The van der Waals surface area contributed by atoms with E-state index in [1.54, 1.807) is 12.1 Å². The quantitative estimate of drug-likeness (QED) is 0.300. The zero-order valence-electron chi connectivity index (χ0n) is 20.2. The standard InChI is InChI=1S/C29H36F2O2S/c1-2-3-6-19-9-11-21(12-10-19)18-33-25-16-14-23-22-13-15-24(32-17-20-7-4-5-8-20)26(30)28(22)34-29(23)27(25)31/h13-16,19-21H,2-12,17-18H2,1H3. The van der Waals surface area contributed by atoms with Gasteiger partial charge in [0.2, 0.25) is 0 Å². The third-order valence-electron chi connectivity index (χ3n) is 7.97. The van der Waals surface area contributed by atoms with Crippen molar-refractivity contribution in [1.82, 2.24) is 0 Å². The number of fused-ring (bicyclic) bond motifs is 3. The lowest BCUT2D eigenvalue weighted by molar-refractivity contribution is 0.174. The molecule has 0 aliphatic heterocycles. The fourth-order valence-electron chi connectivity index (χ4n) is 5.80. The van der Waals surface area contributed by atoms with E-state index in [1.807, 2.05) is 12.1 Å². The van der Waals surface area contributed by atoms with Crippen LogP contribution in [0.4, 0.5) is 8.78 Å². The van der Waals surface area contributed by atoms with E-state index in [4.69, 9.17) is 9.47 Å². The molecule has 0 unspecified atom stereocenters. The summed E-state index contributed by atoms with van der Waals surface area (Å²) in [6.45, 7) is 3.36. The van der Waals surface area contributed by atoms with Gasteiger partial charge in [-0.1, -0.05) is 51.9 Å². The first-order valence-corrected chi connectivity index (χ1v) is 14.0. The normalized spacial score (nSPS) is 21.5. The van der Waals surface area contributed by atoms with Crippen LogP contribution >= 0.6 is 11.3 Å². The van der Waals surface area contributed by atoms with Crippen molar-refractivity contribution in [3.63, 3.8) is 0 Å². The molecule has 0 N–H and O–H groups in total. The Balaban J connectivity index is 1.27. The highest BCUT2D eigenvalue weighted by atomic mass is 32.1. The third-order valence-corrected chi connectivity index (χ3v) is 9.18. The molecule has 0 amide bonds. The summed E-state index contributed by atoms with van der Waals surface area (Å²) < 4.78 is 43.3. The zero-order valence-corrected chi connectivity index (χ0v) is 21.0. The van der Waals surface area contributed by atoms with Crippen molar-refractivity contribution >= 4 is 31.5 Å². The van der Waals surface area contributed by atoms with Gasteiger partial charge in [0.15, 0.2) is 23.1 Å². The van der Waals surface area contributed by atoms with Crippen LogP contribution in [0.5, 0.6) is 11.5 Å². The lowest BCUT2D eigenvalue weighted by atomic mass is 9.80. The number of hydrogen-bond acceptors (Lipinski definition) is 3. The van der Waals surface area contributed by atoms with Gasteiger partial charge >= 0.3 is 0 Å². The predicted octanol–water partition coefficient (Wildman–Crippen LogP) is 9.28. The number of thiophene rings is 1. The van der Waals surface area contributed by atoms with Crippen molar-refractivity contribution in [3.05, 3.63) is 35.9 Å². The molecule has 0 bridgehead atoms. The van der Waals surface area contributed by atoms with E-state index in [-0.39, 0.29) is 23.1 Å². The van der Waals surface area contributed by atoms with Crippen molar-refractivity contribution in [3.8, 4) is 11.5 Å². The van der Waals surface area contributed by atoms with Crippen LogP contribution in [-0.4, -0.2) is 13.2 Å². The summed E-state index contributed by atoms with van der Waals surface area (Å²) in [5.74, 6) is 1.67. The second kappa shape index (κ2) is 10.8. The number of hydrogen-bond donors (Lipinski definition) is 0. The highest BCUT2D eigenvalue weighted by molar-refractivity contribution is 7.25. The van der Waals surface area contributed by atoms with E-state index in [9.17, 15) is 0 Å². The average Bonchev–Trinajstić information content (AvgIpc) is 3.51. The molecule has 2 saturated carbocycles. The average molecular weight is 487 g/mol. The SMILES string of the molecule is CCCCC1CCC(COc2ccc3c(sc4c(F)c(OCC5CCCC5)ccc43)c2F)CC1. The number of rotatable bonds is 9. The minimum atomic E-state index is -0.376. The largest absolute Gasteiger partial charge is 0.490 e. The summed E-state index contributed by atoms with van der Waals surface area (Å²) in [4.78, 5) is 0. The molecule has 5 rings (SSSR count). The van der Waals surface area contributed by atoms with E-state index in [0.717, 1.165) is 53.7 Å². The molecule has 2 aromatic carbocycles. The number of unbranched alkanes of at least 4 members (excludes halogenated alkanes) is 1. The summed E-state index contributed by atoms with van der Waals surface area (Å²) in [6, 6.07) is 7.13. The molecule has 34 heavy (non-hydrogen) atoms. The van der Waals surface area contributed by atoms with Crippen LogP contribution in [0.15, 0.2) is 24.3 Å². The van der Waals surface area contributed by atoms with Gasteiger partial charge in [-0.3, -0.25) is 0 Å². The molecule has 5 heteroatoms. The van der Waals surface area contributed by atoms with Crippen LogP contribution in [0.3, 0.4) is 0 Å². The first-order valence-electron chi connectivity index (χ1n) is 13.2. The highest BCUT2D eigenvalue weighted by Gasteiger charge is 2.23. The minimum Gasteiger partial charge on any atom is -0.490 e. The van der Waals surface area contributed by atoms with Crippen LogP contribution in [0.1, 0.15) is 77.6 Å². The van der Waals surface area contributed by atoms with E-state index < -0.39 is 0 Å². The van der Waals surface area contributed by atoms with Crippen LogP contribution in [0, 0.1) is 29.4 Å². The number of ether oxygens (including phenoxy) is 2. The summed E-state index contributed by atoms with van der Waals surface area (Å²) in [5.41, 5.74) is 0. The first kappa shape index (κ1) is 23.8. The fourth-order valence-corrected chi connectivity index (χ4v) is 6.96. The monoisotopic (exact) mass is 486 g/mol. The van der Waals surface area contributed by atoms with Crippen LogP contribution in [0.2, 0.25) is 0 Å². The lowest BCUT2D eigenvalue weighted by Gasteiger charge is -2.28. The van der Waals surface area contributed by atoms with Gasteiger partial charge in [0.25, 0.3) is 0 Å². The Morgan fingerprint density at radius 2 is 1.24 bits per heavy atom. The lowest BCUT2D eigenvalue weighted by Crippen LogP contribution is -2.20. The van der Waals surface area contributed by atoms with Gasteiger partial charge in [-0.25, -0.2) is 8.78 Å². The van der Waals surface area contributed by atoms with Gasteiger partial charge < -0.3 is 9.47 Å². The Labute approximate surface area is 205 Å². The Morgan fingerprint density at radius 1 is 0.735 bits per heavy atom. The first-order chi connectivity index (χ1) is 16.6. The molecule has 2 aliphatic carbocycles. The Bertz CT molecular complexity index is 1110. The Morgan fingerprint density at radius 3 is 1.76 bits per heavy atom. The Hall–Kier alpha value is -1.88. The number of halogens is 2. The van der Waals surface area contributed by atoms with Gasteiger partial charge in [-0.2, -0.15) is 0 Å². The maximum absolute atomic E-state index is 15.4. The molecular weight excluding hydrogens is 450 g/mol. The van der Waals surface area contributed by atoms with E-state index in [2.05, 4.69) is 6.92 Å². The molecule has 184 valence electrons. The molecule has 1 heterocycles. The second-order valence-corrected chi connectivity index (χ2v) is 11.4. The maximum atomic E-state index is 15.4. The zero-order chi connectivity index (χ0) is 23.5. The predicted molar refractivity (Wildman–Crippen MR) is 137 cm³/mol. The highest BCUT2D eigenvalue weighted by Crippen LogP contribution is 2.42. The van der Waals surface area contributed by atoms with Crippen LogP contribution in [0.25, 0.3) is 20.2 Å². The molecule has 0 spiro atoms. The van der Waals surface area contributed by atoms with Crippen LogP contribution < -0.4 is 9.47 Å². The van der Waals surface area contributed by atoms with Crippen molar-refractivity contribution in [2.24, 2.45) is 17.8 Å². The summed E-state index contributed by atoms with van der Waals surface area (Å²) in [7, 11) is 0. The van der Waals surface area contributed by atoms with Gasteiger partial charge in [0.05, 0.1) is 22.6 Å². The molecule has 1 aromatic heterocycles. The number of benzene rings is 2. The molecule has 0 saturated heterocycles. The molecular formula is C29H36F2O2S. The smallest absolute Gasteiger partial charge is 0.182 e. The van der Waals surface area contributed by atoms with Crippen molar-refractivity contribution in [2.45, 2.75) is 77.6 Å². The Kier molecular flexibility index (Phi) is 7.58. The molecule has 3 aromatic rings. The van der Waals surface area contributed by atoms with E-state index >= 15 is 8.78 Å². The molecule has 2 aliphatic rings. The summed E-state index contributed by atoms with van der Waals surface area (Å²) in [5, 5.41) is 1.48. The van der Waals surface area contributed by atoms with Crippen molar-refractivity contribution < 1.29 is 18.3 Å². The minimum absolute atomic E-state index is 0.275. The van der Waals surface area contributed by atoms with Gasteiger partial charge in [0.1, 0.15) is 0 Å². The van der Waals surface area contributed by atoms with Gasteiger partial charge in [-0.05, 0) is 67.7 Å². The summed E-state index contributed by atoms with van der Waals surface area (Å²) in [6.07, 6.45) is 13.5. The summed E-state index contributed by atoms with van der Waals surface area (Å²) >= 11 is 1.16. The van der Waals surface area contributed by atoms with Gasteiger partial charge in [0, 0.05) is 10.8 Å². The topological polar surface area (TPSA) is 18.5 Å². The molecule has 0 atom stereocenters. The fraction of sp³-hybridized carbons (Fsp3) is 0.586. The molecule has 2 nitrogen and oxygen atoms in total. The van der Waals surface area contributed by atoms with Gasteiger partial charge in [-0.15, -0.1) is 11.3 Å². The van der Waals surface area contributed by atoms with Crippen LogP contribution in [-0.2, 0) is 0 Å². The third kappa shape index (κ3) is 5.05. The van der Waals surface area contributed by atoms with E-state index in [0.29, 0.717) is 34.4 Å². The maximum Gasteiger partial charge on any atom is 0.182 e. The second-order valence-electron chi connectivity index (χ2n) is 10.4. The van der Waals surface area contributed by atoms with Crippen molar-refractivity contribution in [1.29, 1.82) is 0 Å². The molecule has 2 fully saturated rings. The molecule has 0 radical (unpaired) electrons.